The largest absolute Gasteiger partial charge is 0.318 e. The Bertz CT molecular complexity index is 526. The topological polar surface area (TPSA) is 68.5 Å². The minimum atomic E-state index is -1.51. The molecule has 1 saturated heterocycles. The van der Waals surface area contributed by atoms with Crippen LogP contribution in [-0.2, 0) is 25.1 Å². The lowest BCUT2D eigenvalue weighted by atomic mass is 10.0. The SMILES string of the molecule is N#C[C@@]1(c2ccccc2)OO[C@H](C2CCC(C=O)C2)O1. The van der Waals surface area contributed by atoms with Gasteiger partial charge in [0.2, 0.25) is 0 Å². The molecule has 104 valence electrons. The third-order valence-electron chi connectivity index (χ3n) is 3.93. The van der Waals surface area contributed by atoms with E-state index in [9.17, 15) is 10.1 Å². The number of carbonyl (C=O) groups excluding carboxylic acids is 1. The number of benzene rings is 1. The maximum atomic E-state index is 10.8. The number of hydrogen-bond donors (Lipinski definition) is 0. The van der Waals surface area contributed by atoms with Crippen molar-refractivity contribution in [1.29, 1.82) is 5.26 Å². The van der Waals surface area contributed by atoms with Crippen molar-refractivity contribution in [2.75, 3.05) is 0 Å². The van der Waals surface area contributed by atoms with E-state index in [-0.39, 0.29) is 11.8 Å². The van der Waals surface area contributed by atoms with Gasteiger partial charge in [0, 0.05) is 17.4 Å². The second kappa shape index (κ2) is 5.33. The van der Waals surface area contributed by atoms with E-state index in [0.717, 1.165) is 19.1 Å². The first kappa shape index (κ1) is 13.3. The molecule has 2 unspecified atom stereocenters. The molecule has 1 aromatic carbocycles. The van der Waals surface area contributed by atoms with Crippen molar-refractivity contribution < 1.29 is 19.3 Å². The Kier molecular flexibility index (Phi) is 3.53. The fraction of sp³-hybridized carbons (Fsp3) is 0.467. The van der Waals surface area contributed by atoms with Gasteiger partial charge in [0.15, 0.2) is 6.29 Å². The van der Waals surface area contributed by atoms with Crippen molar-refractivity contribution >= 4 is 6.29 Å². The highest BCUT2D eigenvalue weighted by atomic mass is 17.3. The molecule has 0 aromatic heterocycles. The summed E-state index contributed by atoms with van der Waals surface area (Å²) in [6, 6.07) is 11.0. The summed E-state index contributed by atoms with van der Waals surface area (Å²) in [6.45, 7) is 0. The molecule has 0 radical (unpaired) electrons. The number of nitrogens with zero attached hydrogens (tertiary/aromatic N) is 1. The minimum Gasteiger partial charge on any atom is -0.303 e. The van der Waals surface area contributed by atoms with E-state index in [1.807, 2.05) is 24.3 Å². The highest BCUT2D eigenvalue weighted by molar-refractivity contribution is 5.53. The van der Waals surface area contributed by atoms with Crippen LogP contribution in [0, 0.1) is 23.2 Å². The third kappa shape index (κ3) is 2.22. The van der Waals surface area contributed by atoms with E-state index < -0.39 is 12.1 Å². The Labute approximate surface area is 117 Å². The Morgan fingerprint density at radius 2 is 2.10 bits per heavy atom. The van der Waals surface area contributed by atoms with Crippen LogP contribution in [0.5, 0.6) is 0 Å². The minimum absolute atomic E-state index is 0.0565. The standard InChI is InChI=1S/C15H15NO4/c16-10-15(13-4-2-1-3-5-13)18-14(19-20-15)12-7-6-11(8-12)9-17/h1-5,9,11-12,14H,6-8H2/t11?,12?,14-,15+/m1/s1. The molecule has 0 N–H and O–H groups in total. The van der Waals surface area contributed by atoms with Gasteiger partial charge in [-0.2, -0.15) is 15.0 Å². The second-order valence-corrected chi connectivity index (χ2v) is 5.23. The summed E-state index contributed by atoms with van der Waals surface area (Å²) in [6.07, 6.45) is 2.77. The van der Waals surface area contributed by atoms with E-state index in [1.165, 1.54) is 0 Å². The number of ether oxygens (including phenoxy) is 1. The van der Waals surface area contributed by atoms with Crippen LogP contribution in [0.15, 0.2) is 30.3 Å². The molecule has 20 heavy (non-hydrogen) atoms. The molecular formula is C15H15NO4. The average Bonchev–Trinajstić information content (AvgIpc) is 3.15. The number of rotatable bonds is 3. The van der Waals surface area contributed by atoms with Crippen LogP contribution in [-0.4, -0.2) is 12.6 Å². The molecular weight excluding hydrogens is 258 g/mol. The van der Waals surface area contributed by atoms with Gasteiger partial charge in [0.1, 0.15) is 12.4 Å². The molecule has 1 saturated carbocycles. The van der Waals surface area contributed by atoms with Gasteiger partial charge in [-0.3, -0.25) is 4.74 Å². The van der Waals surface area contributed by atoms with Gasteiger partial charge >= 0.3 is 5.79 Å². The zero-order valence-electron chi connectivity index (χ0n) is 10.9. The predicted molar refractivity (Wildman–Crippen MR) is 67.7 cm³/mol. The lowest BCUT2D eigenvalue weighted by Gasteiger charge is -2.19. The van der Waals surface area contributed by atoms with Gasteiger partial charge in [-0.1, -0.05) is 30.3 Å². The molecule has 1 aliphatic heterocycles. The molecule has 0 amide bonds. The lowest BCUT2D eigenvalue weighted by Crippen LogP contribution is -2.28. The Morgan fingerprint density at radius 1 is 1.30 bits per heavy atom. The zero-order valence-corrected chi connectivity index (χ0v) is 10.9. The van der Waals surface area contributed by atoms with E-state index in [4.69, 9.17) is 14.5 Å². The van der Waals surface area contributed by atoms with Crippen molar-refractivity contribution in [1.82, 2.24) is 0 Å². The molecule has 5 heteroatoms. The van der Waals surface area contributed by atoms with Crippen LogP contribution < -0.4 is 0 Å². The van der Waals surface area contributed by atoms with Crippen LogP contribution in [0.25, 0.3) is 0 Å². The molecule has 2 fully saturated rings. The smallest absolute Gasteiger partial charge is 0.303 e. The van der Waals surface area contributed by atoms with Crippen molar-refractivity contribution in [3.05, 3.63) is 35.9 Å². The predicted octanol–water partition coefficient (Wildman–Crippen LogP) is 2.28. The van der Waals surface area contributed by atoms with Crippen molar-refractivity contribution in [3.63, 3.8) is 0 Å². The van der Waals surface area contributed by atoms with Gasteiger partial charge in [-0.25, -0.2) is 0 Å². The van der Waals surface area contributed by atoms with Crippen molar-refractivity contribution in [2.24, 2.45) is 11.8 Å². The van der Waals surface area contributed by atoms with Crippen LogP contribution >= 0.6 is 0 Å². The first-order valence-corrected chi connectivity index (χ1v) is 6.72. The maximum Gasteiger partial charge on any atom is 0.318 e. The number of carbonyl (C=O) groups is 1. The molecule has 1 aromatic rings. The highest BCUT2D eigenvalue weighted by Gasteiger charge is 2.49. The van der Waals surface area contributed by atoms with Gasteiger partial charge in [0.05, 0.1) is 0 Å². The molecule has 4 atom stereocenters. The van der Waals surface area contributed by atoms with E-state index in [1.54, 1.807) is 12.1 Å². The lowest BCUT2D eigenvalue weighted by molar-refractivity contribution is -0.324. The molecule has 1 aliphatic carbocycles. The van der Waals surface area contributed by atoms with E-state index >= 15 is 0 Å². The zero-order chi connectivity index (χ0) is 14.0. The monoisotopic (exact) mass is 273 g/mol. The summed E-state index contributed by atoms with van der Waals surface area (Å²) >= 11 is 0. The summed E-state index contributed by atoms with van der Waals surface area (Å²) in [5.41, 5.74) is 0.606. The number of hydrogen-bond acceptors (Lipinski definition) is 5. The summed E-state index contributed by atoms with van der Waals surface area (Å²) < 4.78 is 5.74. The fourth-order valence-electron chi connectivity index (χ4n) is 2.80. The Balaban J connectivity index is 1.75. The van der Waals surface area contributed by atoms with Crippen LogP contribution in [0.3, 0.4) is 0 Å². The normalized spacial score (nSPS) is 36.6. The molecule has 0 spiro atoms. The van der Waals surface area contributed by atoms with Crippen molar-refractivity contribution in [2.45, 2.75) is 31.3 Å². The van der Waals surface area contributed by atoms with Gasteiger partial charge in [-0.05, 0) is 19.3 Å². The fourth-order valence-corrected chi connectivity index (χ4v) is 2.80. The van der Waals surface area contributed by atoms with Crippen LogP contribution in [0.1, 0.15) is 24.8 Å². The van der Waals surface area contributed by atoms with Crippen LogP contribution in [0.2, 0.25) is 0 Å². The molecule has 2 aliphatic rings. The molecule has 1 heterocycles. The van der Waals surface area contributed by atoms with E-state index in [2.05, 4.69) is 0 Å². The summed E-state index contributed by atoms with van der Waals surface area (Å²) in [5.74, 6) is -1.37. The maximum absolute atomic E-state index is 10.8. The molecule has 3 rings (SSSR count). The van der Waals surface area contributed by atoms with Gasteiger partial charge in [-0.15, -0.1) is 0 Å². The van der Waals surface area contributed by atoms with Gasteiger partial charge in [0.25, 0.3) is 0 Å². The Morgan fingerprint density at radius 3 is 2.75 bits per heavy atom. The Hall–Kier alpha value is -1.74. The summed E-state index contributed by atoms with van der Waals surface area (Å²) in [4.78, 5) is 21.2. The summed E-state index contributed by atoms with van der Waals surface area (Å²) in [7, 11) is 0. The third-order valence-corrected chi connectivity index (χ3v) is 3.93. The number of aldehydes is 1. The van der Waals surface area contributed by atoms with Crippen molar-refractivity contribution in [3.8, 4) is 6.07 Å². The second-order valence-electron chi connectivity index (χ2n) is 5.23. The van der Waals surface area contributed by atoms with E-state index in [0.29, 0.717) is 12.0 Å². The molecule has 0 bridgehead atoms. The van der Waals surface area contributed by atoms with Crippen LogP contribution in [0.4, 0.5) is 0 Å². The summed E-state index contributed by atoms with van der Waals surface area (Å²) in [5, 5.41) is 9.39. The highest BCUT2D eigenvalue weighted by Crippen LogP contribution is 2.42. The number of nitriles is 1. The van der Waals surface area contributed by atoms with Gasteiger partial charge < -0.3 is 4.79 Å². The quantitative estimate of drug-likeness (QED) is 0.624. The average molecular weight is 273 g/mol. The first-order valence-electron chi connectivity index (χ1n) is 6.72. The first-order chi connectivity index (χ1) is 9.77. The molecule has 5 nitrogen and oxygen atoms in total.